The van der Waals surface area contributed by atoms with Gasteiger partial charge in [0.25, 0.3) is 0 Å². The van der Waals surface area contributed by atoms with E-state index in [0.29, 0.717) is 25.1 Å². The second-order valence-electron chi connectivity index (χ2n) is 4.52. The van der Waals surface area contributed by atoms with Gasteiger partial charge in [0.2, 0.25) is 5.91 Å². The topological polar surface area (TPSA) is 78.9 Å². The number of nitrogens with zero attached hydrogens (tertiary/aromatic N) is 2. The Hall–Kier alpha value is -1.83. The van der Waals surface area contributed by atoms with Gasteiger partial charge in [-0.2, -0.15) is 5.26 Å². The van der Waals surface area contributed by atoms with Crippen LogP contribution in [0.15, 0.2) is 10.6 Å². The van der Waals surface area contributed by atoms with Crippen molar-refractivity contribution in [2.24, 2.45) is 5.41 Å². The third kappa shape index (κ3) is 2.31. The fraction of sp³-hybridized carbons (Fsp3) is 0.583. The molecule has 1 aliphatic carbocycles. The van der Waals surface area contributed by atoms with Crippen LogP contribution >= 0.6 is 0 Å². The van der Waals surface area contributed by atoms with Gasteiger partial charge in [-0.3, -0.25) is 4.79 Å². The van der Waals surface area contributed by atoms with E-state index in [1.54, 1.807) is 6.07 Å². The van der Waals surface area contributed by atoms with E-state index < -0.39 is 5.41 Å². The molecule has 5 heteroatoms. The van der Waals surface area contributed by atoms with E-state index in [9.17, 15) is 4.79 Å². The van der Waals surface area contributed by atoms with Gasteiger partial charge in [-0.05, 0) is 19.8 Å². The van der Waals surface area contributed by atoms with Gasteiger partial charge in [0.1, 0.15) is 5.41 Å². The minimum absolute atomic E-state index is 0.188. The maximum atomic E-state index is 12.0. The summed E-state index contributed by atoms with van der Waals surface area (Å²) in [4.78, 5) is 12.0. The van der Waals surface area contributed by atoms with Crippen molar-refractivity contribution in [2.75, 3.05) is 0 Å². The highest BCUT2D eigenvalue weighted by Gasteiger charge is 2.41. The van der Waals surface area contributed by atoms with Crippen LogP contribution in [0.1, 0.15) is 37.1 Å². The van der Waals surface area contributed by atoms with E-state index in [4.69, 9.17) is 9.78 Å². The molecule has 0 radical (unpaired) electrons. The maximum absolute atomic E-state index is 12.0. The molecule has 2 rings (SSSR count). The molecular weight excluding hydrogens is 218 g/mol. The summed E-state index contributed by atoms with van der Waals surface area (Å²) in [7, 11) is 0. The molecular formula is C12H15N3O2. The van der Waals surface area contributed by atoms with Crippen molar-refractivity contribution in [1.82, 2.24) is 10.5 Å². The van der Waals surface area contributed by atoms with Crippen LogP contribution in [0.4, 0.5) is 0 Å². The second-order valence-corrected chi connectivity index (χ2v) is 4.52. The summed E-state index contributed by atoms with van der Waals surface area (Å²) in [5, 5.41) is 15.6. The number of amides is 1. The first kappa shape index (κ1) is 11.6. The standard InChI is InChI=1S/C12H15N3O2/c1-9-6-10(17-15-9)7-14-11(16)12(8-13)4-2-3-5-12/h6H,2-5,7H2,1H3,(H,14,16). The molecule has 0 unspecified atom stereocenters. The number of aromatic nitrogens is 1. The Balaban J connectivity index is 1.95. The summed E-state index contributed by atoms with van der Waals surface area (Å²) in [6.45, 7) is 2.12. The van der Waals surface area contributed by atoms with E-state index in [1.165, 1.54) is 0 Å². The highest BCUT2D eigenvalue weighted by Crippen LogP contribution is 2.37. The minimum atomic E-state index is -0.824. The molecule has 0 aliphatic heterocycles. The van der Waals surface area contributed by atoms with Gasteiger partial charge in [0.15, 0.2) is 5.76 Å². The average molecular weight is 233 g/mol. The van der Waals surface area contributed by atoms with Crippen LogP contribution < -0.4 is 5.32 Å². The molecule has 1 heterocycles. The highest BCUT2D eigenvalue weighted by molar-refractivity contribution is 5.85. The average Bonchev–Trinajstić information content (AvgIpc) is 2.95. The molecule has 1 N–H and O–H groups in total. The summed E-state index contributed by atoms with van der Waals surface area (Å²) < 4.78 is 5.00. The van der Waals surface area contributed by atoms with Gasteiger partial charge < -0.3 is 9.84 Å². The van der Waals surface area contributed by atoms with E-state index in [0.717, 1.165) is 18.5 Å². The number of aryl methyl sites for hydroxylation is 1. The normalized spacial score (nSPS) is 17.6. The van der Waals surface area contributed by atoms with Crippen LogP contribution in [-0.4, -0.2) is 11.1 Å². The Morgan fingerprint density at radius 3 is 2.88 bits per heavy atom. The van der Waals surface area contributed by atoms with E-state index in [2.05, 4.69) is 16.5 Å². The highest BCUT2D eigenvalue weighted by atomic mass is 16.5. The van der Waals surface area contributed by atoms with Gasteiger partial charge in [0, 0.05) is 6.07 Å². The molecule has 1 amide bonds. The Morgan fingerprint density at radius 2 is 2.35 bits per heavy atom. The van der Waals surface area contributed by atoms with Gasteiger partial charge in [-0.25, -0.2) is 0 Å². The Morgan fingerprint density at radius 1 is 1.65 bits per heavy atom. The molecule has 90 valence electrons. The zero-order valence-electron chi connectivity index (χ0n) is 9.82. The largest absolute Gasteiger partial charge is 0.359 e. The zero-order chi connectivity index (χ0) is 12.3. The zero-order valence-corrected chi connectivity index (χ0v) is 9.82. The summed E-state index contributed by atoms with van der Waals surface area (Å²) in [5.41, 5.74) is -0.0418. The number of nitrogens with one attached hydrogen (secondary N) is 1. The van der Waals surface area contributed by atoms with Crippen molar-refractivity contribution in [3.8, 4) is 6.07 Å². The molecule has 1 aromatic heterocycles. The lowest BCUT2D eigenvalue weighted by molar-refractivity contribution is -0.128. The van der Waals surface area contributed by atoms with Gasteiger partial charge in [-0.1, -0.05) is 18.0 Å². The van der Waals surface area contributed by atoms with Crippen LogP contribution in [0.25, 0.3) is 0 Å². The first-order valence-electron chi connectivity index (χ1n) is 5.78. The Bertz CT molecular complexity index is 453. The molecule has 1 aliphatic rings. The van der Waals surface area contributed by atoms with Crippen LogP contribution in [-0.2, 0) is 11.3 Å². The predicted octanol–water partition coefficient (Wildman–Crippen LogP) is 1.68. The van der Waals surface area contributed by atoms with Crippen molar-refractivity contribution in [3.05, 3.63) is 17.5 Å². The molecule has 0 bridgehead atoms. The molecule has 1 saturated carbocycles. The Kier molecular flexibility index (Phi) is 3.14. The van der Waals surface area contributed by atoms with Crippen molar-refractivity contribution in [2.45, 2.75) is 39.2 Å². The third-order valence-corrected chi connectivity index (χ3v) is 3.21. The van der Waals surface area contributed by atoms with Gasteiger partial charge >= 0.3 is 0 Å². The van der Waals surface area contributed by atoms with Crippen LogP contribution in [0.5, 0.6) is 0 Å². The summed E-state index contributed by atoms with van der Waals surface area (Å²) in [5.74, 6) is 0.425. The van der Waals surface area contributed by atoms with Crippen molar-refractivity contribution >= 4 is 5.91 Å². The number of carbonyl (C=O) groups is 1. The number of nitriles is 1. The van der Waals surface area contributed by atoms with E-state index in [1.807, 2.05) is 6.92 Å². The van der Waals surface area contributed by atoms with E-state index in [-0.39, 0.29) is 5.91 Å². The Labute approximate surface area is 99.8 Å². The van der Waals surface area contributed by atoms with Gasteiger partial charge in [0.05, 0.1) is 18.3 Å². The van der Waals surface area contributed by atoms with Crippen molar-refractivity contribution in [3.63, 3.8) is 0 Å². The molecule has 0 saturated heterocycles. The maximum Gasteiger partial charge on any atom is 0.240 e. The lowest BCUT2D eigenvalue weighted by Gasteiger charge is -2.18. The first-order valence-corrected chi connectivity index (χ1v) is 5.78. The summed E-state index contributed by atoms with van der Waals surface area (Å²) >= 11 is 0. The lowest BCUT2D eigenvalue weighted by Crippen LogP contribution is -2.37. The first-order chi connectivity index (χ1) is 8.16. The quantitative estimate of drug-likeness (QED) is 0.861. The van der Waals surface area contributed by atoms with Gasteiger partial charge in [-0.15, -0.1) is 0 Å². The minimum Gasteiger partial charge on any atom is -0.359 e. The monoisotopic (exact) mass is 233 g/mol. The predicted molar refractivity (Wildman–Crippen MR) is 59.6 cm³/mol. The van der Waals surface area contributed by atoms with Crippen molar-refractivity contribution in [1.29, 1.82) is 5.26 Å². The molecule has 5 nitrogen and oxygen atoms in total. The fourth-order valence-electron chi connectivity index (χ4n) is 2.20. The SMILES string of the molecule is Cc1cc(CNC(=O)C2(C#N)CCCC2)on1. The fourth-order valence-corrected chi connectivity index (χ4v) is 2.20. The number of carbonyl (C=O) groups excluding carboxylic acids is 1. The number of rotatable bonds is 3. The molecule has 17 heavy (non-hydrogen) atoms. The second kappa shape index (κ2) is 4.58. The van der Waals surface area contributed by atoms with E-state index >= 15 is 0 Å². The molecule has 1 fully saturated rings. The number of hydrogen-bond donors (Lipinski definition) is 1. The van der Waals surface area contributed by atoms with Crippen molar-refractivity contribution < 1.29 is 9.32 Å². The molecule has 0 aromatic carbocycles. The number of hydrogen-bond acceptors (Lipinski definition) is 4. The van der Waals surface area contributed by atoms with Crippen LogP contribution in [0.2, 0.25) is 0 Å². The third-order valence-electron chi connectivity index (χ3n) is 3.21. The molecule has 0 spiro atoms. The summed E-state index contributed by atoms with van der Waals surface area (Å²) in [6, 6.07) is 3.93. The van der Waals surface area contributed by atoms with Crippen LogP contribution in [0, 0.1) is 23.7 Å². The van der Waals surface area contributed by atoms with Crippen LogP contribution in [0.3, 0.4) is 0 Å². The lowest BCUT2D eigenvalue weighted by atomic mass is 9.87. The smallest absolute Gasteiger partial charge is 0.240 e. The molecule has 0 atom stereocenters. The summed E-state index contributed by atoms with van der Waals surface area (Å²) in [6.07, 6.45) is 3.21. The molecule has 1 aromatic rings.